The van der Waals surface area contributed by atoms with Crippen molar-refractivity contribution in [3.05, 3.63) is 59.9 Å². The maximum atomic E-state index is 12.7. The molecule has 0 bridgehead atoms. The molecule has 1 unspecified atom stereocenters. The Hall–Kier alpha value is -2.11. The van der Waals surface area contributed by atoms with Crippen molar-refractivity contribution in [3.8, 4) is 11.5 Å². The third-order valence-electron chi connectivity index (χ3n) is 2.88. The number of halogens is 1. The lowest BCUT2D eigenvalue weighted by Gasteiger charge is -2.15. The van der Waals surface area contributed by atoms with Gasteiger partial charge in [0, 0.05) is 12.1 Å². The fraction of sp³-hybridized carbons (Fsp3) is 0.250. The Morgan fingerprint density at radius 1 is 1.00 bits per heavy atom. The molecule has 2 aromatic carbocycles. The number of benzene rings is 2. The molecular formula is C16H18FNO3. The predicted molar refractivity (Wildman–Crippen MR) is 77.7 cm³/mol. The summed E-state index contributed by atoms with van der Waals surface area (Å²) in [6, 6.07) is 13.0. The highest BCUT2D eigenvalue weighted by molar-refractivity contribution is 5.33. The summed E-state index contributed by atoms with van der Waals surface area (Å²) in [4.78, 5) is 0. The van der Waals surface area contributed by atoms with E-state index < -0.39 is 6.10 Å². The largest absolute Gasteiger partial charge is 0.491 e. The molecule has 112 valence electrons. The number of ether oxygens (including phenoxy) is 2. The van der Waals surface area contributed by atoms with Gasteiger partial charge in [0.2, 0.25) is 0 Å². The van der Waals surface area contributed by atoms with E-state index >= 15 is 0 Å². The standard InChI is InChI=1S/C16H18FNO3/c17-13-5-7-15(8-6-13)20-10-14(19)11-21-16-4-2-1-3-12(16)9-18/h1-8,14,19H,9-11,18H2. The van der Waals surface area contributed by atoms with E-state index in [1.165, 1.54) is 24.3 Å². The first-order valence-corrected chi connectivity index (χ1v) is 6.66. The zero-order valence-electron chi connectivity index (χ0n) is 11.5. The van der Waals surface area contributed by atoms with Crippen molar-refractivity contribution < 1.29 is 19.0 Å². The van der Waals surface area contributed by atoms with Gasteiger partial charge in [-0.25, -0.2) is 4.39 Å². The van der Waals surface area contributed by atoms with Gasteiger partial charge in [-0.2, -0.15) is 0 Å². The molecule has 0 aliphatic carbocycles. The molecule has 0 spiro atoms. The second-order valence-corrected chi connectivity index (χ2v) is 4.54. The maximum Gasteiger partial charge on any atom is 0.123 e. The number of rotatable bonds is 7. The van der Waals surface area contributed by atoms with E-state index in [-0.39, 0.29) is 19.0 Å². The van der Waals surface area contributed by atoms with Crippen LogP contribution >= 0.6 is 0 Å². The lowest BCUT2D eigenvalue weighted by Crippen LogP contribution is -2.25. The molecule has 0 aliphatic rings. The topological polar surface area (TPSA) is 64.7 Å². The summed E-state index contributed by atoms with van der Waals surface area (Å²) in [6.07, 6.45) is -0.791. The Kier molecular flexibility index (Phi) is 5.54. The van der Waals surface area contributed by atoms with Crippen LogP contribution < -0.4 is 15.2 Å². The van der Waals surface area contributed by atoms with E-state index in [9.17, 15) is 9.50 Å². The van der Waals surface area contributed by atoms with Gasteiger partial charge in [0.05, 0.1) is 0 Å². The monoisotopic (exact) mass is 291 g/mol. The summed E-state index contributed by atoms with van der Waals surface area (Å²) < 4.78 is 23.6. The average Bonchev–Trinajstić information content (AvgIpc) is 2.52. The molecule has 1 atom stereocenters. The van der Waals surface area contributed by atoms with Gasteiger partial charge in [0.15, 0.2) is 0 Å². The molecule has 0 radical (unpaired) electrons. The van der Waals surface area contributed by atoms with E-state index in [4.69, 9.17) is 15.2 Å². The van der Waals surface area contributed by atoms with Crippen molar-refractivity contribution in [2.24, 2.45) is 5.73 Å². The maximum absolute atomic E-state index is 12.7. The minimum absolute atomic E-state index is 0.0659. The van der Waals surface area contributed by atoms with Crippen molar-refractivity contribution in [2.45, 2.75) is 12.6 Å². The third kappa shape index (κ3) is 4.73. The van der Waals surface area contributed by atoms with Crippen molar-refractivity contribution in [3.63, 3.8) is 0 Å². The Morgan fingerprint density at radius 3 is 2.38 bits per heavy atom. The molecule has 0 saturated heterocycles. The van der Waals surface area contributed by atoms with Crippen molar-refractivity contribution in [1.29, 1.82) is 0 Å². The average molecular weight is 291 g/mol. The second-order valence-electron chi connectivity index (χ2n) is 4.54. The van der Waals surface area contributed by atoms with E-state index in [0.29, 0.717) is 18.0 Å². The van der Waals surface area contributed by atoms with E-state index in [2.05, 4.69) is 0 Å². The molecule has 0 aliphatic heterocycles. The van der Waals surface area contributed by atoms with Crippen LogP contribution in [0, 0.1) is 5.82 Å². The number of hydrogen-bond acceptors (Lipinski definition) is 4. The number of nitrogens with two attached hydrogens (primary N) is 1. The van der Waals surface area contributed by atoms with Gasteiger partial charge in [-0.15, -0.1) is 0 Å². The minimum Gasteiger partial charge on any atom is -0.491 e. The summed E-state index contributed by atoms with van der Waals surface area (Å²) in [5.74, 6) is 0.822. The quantitative estimate of drug-likeness (QED) is 0.820. The van der Waals surface area contributed by atoms with Gasteiger partial charge in [0.25, 0.3) is 0 Å². The number of hydrogen-bond donors (Lipinski definition) is 2. The molecule has 0 amide bonds. The highest BCUT2D eigenvalue weighted by Crippen LogP contribution is 2.17. The summed E-state index contributed by atoms with van der Waals surface area (Å²) in [5, 5.41) is 9.83. The molecule has 4 nitrogen and oxygen atoms in total. The smallest absolute Gasteiger partial charge is 0.123 e. The molecule has 5 heteroatoms. The molecule has 21 heavy (non-hydrogen) atoms. The first-order valence-electron chi connectivity index (χ1n) is 6.66. The number of para-hydroxylation sites is 1. The van der Waals surface area contributed by atoms with Crippen LogP contribution in [0.2, 0.25) is 0 Å². The zero-order chi connectivity index (χ0) is 15.1. The van der Waals surface area contributed by atoms with E-state index in [1.54, 1.807) is 6.07 Å². The van der Waals surface area contributed by atoms with E-state index in [0.717, 1.165) is 5.56 Å². The Labute approximate surface area is 122 Å². The summed E-state index contributed by atoms with van der Waals surface area (Å²) in [6.45, 7) is 0.535. The van der Waals surface area contributed by atoms with Crippen LogP contribution in [0.15, 0.2) is 48.5 Å². The lowest BCUT2D eigenvalue weighted by molar-refractivity contribution is 0.0623. The first-order chi connectivity index (χ1) is 10.2. The van der Waals surface area contributed by atoms with Gasteiger partial charge >= 0.3 is 0 Å². The molecular weight excluding hydrogens is 273 g/mol. The Bertz CT molecular complexity index is 560. The van der Waals surface area contributed by atoms with Crippen LogP contribution in [0.5, 0.6) is 11.5 Å². The second kappa shape index (κ2) is 7.61. The predicted octanol–water partition coefficient (Wildman–Crippen LogP) is 2.10. The fourth-order valence-corrected chi connectivity index (χ4v) is 1.77. The first kappa shape index (κ1) is 15.3. The van der Waals surface area contributed by atoms with Crippen molar-refractivity contribution in [2.75, 3.05) is 13.2 Å². The lowest BCUT2D eigenvalue weighted by atomic mass is 10.2. The Morgan fingerprint density at radius 2 is 1.67 bits per heavy atom. The molecule has 2 aromatic rings. The van der Waals surface area contributed by atoms with Gasteiger partial charge in [-0.3, -0.25) is 0 Å². The van der Waals surface area contributed by atoms with Crippen LogP contribution in [0.3, 0.4) is 0 Å². The highest BCUT2D eigenvalue weighted by atomic mass is 19.1. The molecule has 0 saturated carbocycles. The Balaban J connectivity index is 1.79. The van der Waals surface area contributed by atoms with Gasteiger partial charge in [-0.05, 0) is 30.3 Å². The zero-order valence-corrected chi connectivity index (χ0v) is 11.5. The fourth-order valence-electron chi connectivity index (χ4n) is 1.77. The van der Waals surface area contributed by atoms with Crippen molar-refractivity contribution in [1.82, 2.24) is 0 Å². The van der Waals surface area contributed by atoms with Gasteiger partial charge < -0.3 is 20.3 Å². The molecule has 0 aromatic heterocycles. The minimum atomic E-state index is -0.791. The number of aliphatic hydroxyl groups excluding tert-OH is 1. The molecule has 3 N–H and O–H groups in total. The normalized spacial score (nSPS) is 12.0. The summed E-state index contributed by atoms with van der Waals surface area (Å²) in [5.41, 5.74) is 6.48. The van der Waals surface area contributed by atoms with Crippen LogP contribution in [0.25, 0.3) is 0 Å². The molecule has 0 heterocycles. The van der Waals surface area contributed by atoms with Crippen LogP contribution in [-0.2, 0) is 6.54 Å². The summed E-state index contributed by atoms with van der Waals surface area (Å²) >= 11 is 0. The van der Waals surface area contributed by atoms with E-state index in [1.807, 2.05) is 18.2 Å². The van der Waals surface area contributed by atoms with Crippen LogP contribution in [0.4, 0.5) is 4.39 Å². The third-order valence-corrected chi connectivity index (χ3v) is 2.88. The molecule has 0 fully saturated rings. The summed E-state index contributed by atoms with van der Waals surface area (Å²) in [7, 11) is 0. The van der Waals surface area contributed by atoms with Gasteiger partial charge in [-0.1, -0.05) is 18.2 Å². The highest BCUT2D eigenvalue weighted by Gasteiger charge is 2.08. The van der Waals surface area contributed by atoms with Crippen LogP contribution in [0.1, 0.15) is 5.56 Å². The van der Waals surface area contributed by atoms with Crippen molar-refractivity contribution >= 4 is 0 Å². The van der Waals surface area contributed by atoms with Gasteiger partial charge in [0.1, 0.15) is 36.6 Å². The van der Waals surface area contributed by atoms with Crippen LogP contribution in [-0.4, -0.2) is 24.4 Å². The molecule has 2 rings (SSSR count). The number of aliphatic hydroxyl groups is 1. The SMILES string of the molecule is NCc1ccccc1OCC(O)COc1ccc(F)cc1.